The molecule has 1 aromatic heterocycles. The molecule has 2 aromatic rings. The molecular formula is C16H17F2N3O3. The van der Waals surface area contributed by atoms with E-state index in [-0.39, 0.29) is 12.6 Å². The minimum Gasteiger partial charge on any atom is -0.468 e. The van der Waals surface area contributed by atoms with Crippen molar-refractivity contribution in [2.75, 3.05) is 26.0 Å². The maximum Gasteiger partial charge on any atom is 0.313 e. The van der Waals surface area contributed by atoms with Crippen LogP contribution in [0.4, 0.5) is 14.5 Å². The number of carbonyl (C=O) groups is 2. The molecule has 2 rings (SSSR count). The summed E-state index contributed by atoms with van der Waals surface area (Å²) in [6.45, 7) is 0.110. The van der Waals surface area contributed by atoms with E-state index < -0.39 is 29.1 Å². The van der Waals surface area contributed by atoms with Crippen molar-refractivity contribution < 1.29 is 22.8 Å². The van der Waals surface area contributed by atoms with E-state index in [1.807, 2.05) is 10.2 Å². The highest BCUT2D eigenvalue weighted by Gasteiger charge is 2.21. The van der Waals surface area contributed by atoms with E-state index in [0.29, 0.717) is 5.76 Å². The lowest BCUT2D eigenvalue weighted by atomic mass is 10.2. The Morgan fingerprint density at radius 2 is 1.96 bits per heavy atom. The molecule has 0 aliphatic heterocycles. The molecule has 6 nitrogen and oxygen atoms in total. The van der Waals surface area contributed by atoms with Gasteiger partial charge >= 0.3 is 11.8 Å². The van der Waals surface area contributed by atoms with Gasteiger partial charge in [-0.25, -0.2) is 8.78 Å². The Morgan fingerprint density at radius 1 is 1.21 bits per heavy atom. The molecule has 1 heterocycles. The number of hydrogen-bond acceptors (Lipinski definition) is 4. The average molecular weight is 337 g/mol. The van der Waals surface area contributed by atoms with Crippen molar-refractivity contribution in [2.24, 2.45) is 0 Å². The first-order valence-electron chi connectivity index (χ1n) is 7.12. The van der Waals surface area contributed by atoms with Gasteiger partial charge in [-0.3, -0.25) is 14.5 Å². The molecule has 2 amide bonds. The molecule has 0 aliphatic rings. The summed E-state index contributed by atoms with van der Waals surface area (Å²) in [5.74, 6) is -2.98. The van der Waals surface area contributed by atoms with Crippen LogP contribution in [0.2, 0.25) is 0 Å². The Labute approximate surface area is 137 Å². The van der Waals surface area contributed by atoms with Gasteiger partial charge in [0.1, 0.15) is 17.4 Å². The molecule has 1 atom stereocenters. The average Bonchev–Trinajstić information content (AvgIpc) is 3.04. The van der Waals surface area contributed by atoms with E-state index in [1.54, 1.807) is 26.2 Å². The molecule has 1 aromatic carbocycles. The van der Waals surface area contributed by atoms with Crippen LogP contribution in [0.5, 0.6) is 0 Å². The van der Waals surface area contributed by atoms with Crippen molar-refractivity contribution >= 4 is 17.5 Å². The lowest BCUT2D eigenvalue weighted by Gasteiger charge is -2.22. The van der Waals surface area contributed by atoms with Crippen LogP contribution in [0, 0.1) is 11.6 Å². The Morgan fingerprint density at radius 3 is 2.58 bits per heavy atom. The lowest BCUT2D eigenvalue weighted by molar-refractivity contribution is -0.136. The zero-order chi connectivity index (χ0) is 17.7. The van der Waals surface area contributed by atoms with Gasteiger partial charge in [-0.2, -0.15) is 0 Å². The van der Waals surface area contributed by atoms with Gasteiger partial charge < -0.3 is 15.1 Å². The van der Waals surface area contributed by atoms with Gasteiger partial charge in [0.2, 0.25) is 0 Å². The van der Waals surface area contributed by atoms with Gasteiger partial charge in [0.25, 0.3) is 0 Å². The minimum absolute atomic E-state index is 0.110. The van der Waals surface area contributed by atoms with Crippen LogP contribution >= 0.6 is 0 Å². The number of benzene rings is 1. The van der Waals surface area contributed by atoms with Crippen LogP contribution in [0.25, 0.3) is 0 Å². The molecule has 0 radical (unpaired) electrons. The maximum absolute atomic E-state index is 13.5. The second kappa shape index (κ2) is 7.69. The van der Waals surface area contributed by atoms with Gasteiger partial charge in [-0.05, 0) is 38.4 Å². The van der Waals surface area contributed by atoms with E-state index >= 15 is 0 Å². The Hall–Kier alpha value is -2.74. The van der Waals surface area contributed by atoms with Crippen molar-refractivity contribution in [3.05, 3.63) is 54.0 Å². The number of hydrogen-bond donors (Lipinski definition) is 2. The third-order valence-corrected chi connectivity index (χ3v) is 3.33. The fourth-order valence-electron chi connectivity index (χ4n) is 2.06. The highest BCUT2D eigenvalue weighted by Crippen LogP contribution is 2.18. The zero-order valence-electron chi connectivity index (χ0n) is 13.2. The highest BCUT2D eigenvalue weighted by atomic mass is 19.1. The van der Waals surface area contributed by atoms with Crippen molar-refractivity contribution in [1.82, 2.24) is 10.2 Å². The van der Waals surface area contributed by atoms with Gasteiger partial charge in [0.05, 0.1) is 18.0 Å². The highest BCUT2D eigenvalue weighted by molar-refractivity contribution is 6.39. The molecule has 2 N–H and O–H groups in total. The Bertz CT molecular complexity index is 717. The number of likely N-dealkylation sites (N-methyl/N-ethyl adjacent to an activating group) is 1. The largest absolute Gasteiger partial charge is 0.468 e. The molecule has 0 spiro atoms. The van der Waals surface area contributed by atoms with E-state index in [2.05, 4.69) is 5.32 Å². The van der Waals surface area contributed by atoms with E-state index in [0.717, 1.165) is 18.2 Å². The number of anilines is 1. The number of amides is 2. The number of furan rings is 1. The van der Waals surface area contributed by atoms with Crippen LogP contribution in [-0.2, 0) is 9.59 Å². The van der Waals surface area contributed by atoms with E-state index in [9.17, 15) is 18.4 Å². The predicted molar refractivity (Wildman–Crippen MR) is 83.1 cm³/mol. The second-order valence-corrected chi connectivity index (χ2v) is 5.28. The smallest absolute Gasteiger partial charge is 0.313 e. The van der Waals surface area contributed by atoms with Crippen LogP contribution in [-0.4, -0.2) is 37.4 Å². The van der Waals surface area contributed by atoms with Crippen LogP contribution in [0.15, 0.2) is 41.0 Å². The van der Waals surface area contributed by atoms with Crippen LogP contribution in [0.1, 0.15) is 11.8 Å². The summed E-state index contributed by atoms with van der Waals surface area (Å²) in [5, 5.41) is 4.47. The molecule has 1 unspecified atom stereocenters. The number of nitrogens with one attached hydrogen (secondary N) is 2. The van der Waals surface area contributed by atoms with Gasteiger partial charge in [-0.1, -0.05) is 0 Å². The summed E-state index contributed by atoms with van der Waals surface area (Å²) in [7, 11) is 3.59. The van der Waals surface area contributed by atoms with Crippen molar-refractivity contribution in [3.8, 4) is 0 Å². The van der Waals surface area contributed by atoms with Crippen LogP contribution in [0.3, 0.4) is 0 Å². The van der Waals surface area contributed by atoms with Crippen molar-refractivity contribution in [3.63, 3.8) is 0 Å². The number of nitrogens with zero attached hydrogens (tertiary/aromatic N) is 1. The van der Waals surface area contributed by atoms with Crippen molar-refractivity contribution in [2.45, 2.75) is 6.04 Å². The summed E-state index contributed by atoms with van der Waals surface area (Å²) in [4.78, 5) is 25.5. The summed E-state index contributed by atoms with van der Waals surface area (Å²) in [6.07, 6.45) is 1.51. The summed E-state index contributed by atoms with van der Waals surface area (Å²) in [5.41, 5.74) is -0.398. The van der Waals surface area contributed by atoms with Gasteiger partial charge in [-0.15, -0.1) is 0 Å². The summed E-state index contributed by atoms with van der Waals surface area (Å²) in [6, 6.07) is 5.76. The lowest BCUT2D eigenvalue weighted by Crippen LogP contribution is -2.40. The molecule has 0 saturated carbocycles. The third-order valence-electron chi connectivity index (χ3n) is 3.33. The van der Waals surface area contributed by atoms with E-state index in [4.69, 9.17) is 4.42 Å². The first kappa shape index (κ1) is 17.6. The molecule has 128 valence electrons. The molecule has 0 bridgehead atoms. The van der Waals surface area contributed by atoms with Crippen molar-refractivity contribution in [1.29, 1.82) is 0 Å². The molecular weight excluding hydrogens is 320 g/mol. The fraction of sp³-hybridized carbons (Fsp3) is 0.250. The maximum atomic E-state index is 13.5. The summed E-state index contributed by atoms with van der Waals surface area (Å²) < 4.78 is 31.8. The molecule has 24 heavy (non-hydrogen) atoms. The first-order chi connectivity index (χ1) is 11.4. The van der Waals surface area contributed by atoms with Gasteiger partial charge in [0.15, 0.2) is 0 Å². The van der Waals surface area contributed by atoms with Crippen LogP contribution < -0.4 is 10.6 Å². The topological polar surface area (TPSA) is 74.6 Å². The number of rotatable bonds is 5. The standard InChI is InChI=1S/C16H17F2N3O3/c1-21(2)13(14-4-3-7-24-14)9-19-15(22)16(23)20-12-8-10(17)5-6-11(12)18/h3-8,13H,9H2,1-2H3,(H,19,22)(H,20,23). The minimum atomic E-state index is -1.09. The number of halogens is 2. The quantitative estimate of drug-likeness (QED) is 0.818. The predicted octanol–water partition coefficient (Wildman–Crippen LogP) is 1.92. The zero-order valence-corrected chi connectivity index (χ0v) is 13.2. The molecule has 0 aliphatic carbocycles. The Balaban J connectivity index is 1.96. The van der Waals surface area contributed by atoms with Gasteiger partial charge in [0, 0.05) is 12.6 Å². The fourth-order valence-corrected chi connectivity index (χ4v) is 2.06. The monoisotopic (exact) mass is 337 g/mol. The summed E-state index contributed by atoms with van der Waals surface area (Å²) >= 11 is 0. The number of carbonyl (C=O) groups excluding carboxylic acids is 2. The molecule has 8 heteroatoms. The second-order valence-electron chi connectivity index (χ2n) is 5.28. The first-order valence-corrected chi connectivity index (χ1v) is 7.12. The normalized spacial score (nSPS) is 12.0. The SMILES string of the molecule is CN(C)C(CNC(=O)C(=O)Nc1cc(F)ccc1F)c1ccco1. The third kappa shape index (κ3) is 4.39. The van der Waals surface area contributed by atoms with E-state index in [1.165, 1.54) is 6.26 Å². The Kier molecular flexibility index (Phi) is 5.64. The molecule has 0 saturated heterocycles. The molecule has 0 fully saturated rings.